The summed E-state index contributed by atoms with van der Waals surface area (Å²) in [5.41, 5.74) is -4.86. The second kappa shape index (κ2) is 26.1. The molecule has 11 atom stereocenters. The number of allylic oxidation sites excluding steroid dienone is 2. The number of benzene rings is 1. The highest BCUT2D eigenvalue weighted by Crippen LogP contribution is 2.64. The van der Waals surface area contributed by atoms with Crippen molar-refractivity contribution in [3.05, 3.63) is 59.2 Å². The van der Waals surface area contributed by atoms with Crippen molar-refractivity contribution in [2.45, 2.75) is 239 Å². The summed E-state index contributed by atoms with van der Waals surface area (Å²) in [4.78, 5) is 69.9. The molecule has 4 aliphatic rings. The van der Waals surface area contributed by atoms with Gasteiger partial charge in [-0.05, 0) is 102 Å². The number of aliphatic hydroxyl groups is 3. The first-order valence-corrected chi connectivity index (χ1v) is 27.6. The van der Waals surface area contributed by atoms with E-state index in [0.29, 0.717) is 30.6 Å². The maximum Gasteiger partial charge on any atom is 0.408 e. The summed E-state index contributed by atoms with van der Waals surface area (Å²) in [5.74, 6) is -4.22. The van der Waals surface area contributed by atoms with E-state index < -0.39 is 106 Å². The number of esters is 3. The van der Waals surface area contributed by atoms with Gasteiger partial charge in [-0.15, -0.1) is 0 Å². The maximum absolute atomic E-state index is 14.9. The highest BCUT2D eigenvalue weighted by molar-refractivity contribution is 5.93. The monoisotopic (exact) mass is 1020 g/mol. The lowest BCUT2D eigenvalue weighted by Crippen LogP contribution is -2.69. The SMILES string of the molecule is CCCCCCCC/C=C\CCCCCCCCOC(=O)CCC(=O)O[C@@H](C(=O)O[C@H]1C[C@@]2(O)[C@@H](C)C[C@@H]3[C@]4(C)CO[C@@H]4C[C@H](O)[C@@]3(C)C(=O)[C@H](O)C(=C1C)C2(C)C)[C@@H](NC(=O)OC(C)(C)C)c1ccccc1. The molecule has 3 fully saturated rings. The third-order valence-corrected chi connectivity index (χ3v) is 16.9. The number of nitrogens with one attached hydrogen (secondary N) is 1. The predicted molar refractivity (Wildman–Crippen MR) is 279 cm³/mol. The molecule has 73 heavy (non-hydrogen) atoms. The van der Waals surface area contributed by atoms with Gasteiger partial charge >= 0.3 is 24.0 Å². The number of hydrogen-bond acceptors (Lipinski definition) is 13. The number of fused-ring (bicyclic) bond motifs is 5. The molecule has 14 heteroatoms. The van der Waals surface area contributed by atoms with Crippen molar-refractivity contribution in [3.8, 4) is 0 Å². The van der Waals surface area contributed by atoms with Gasteiger partial charge in [0.05, 0.1) is 49.3 Å². The van der Waals surface area contributed by atoms with Crippen LogP contribution in [0.25, 0.3) is 0 Å². The van der Waals surface area contributed by atoms with Crippen LogP contribution >= 0.6 is 0 Å². The average Bonchev–Trinajstić information content (AvgIpc) is 3.33. The van der Waals surface area contributed by atoms with E-state index >= 15 is 0 Å². The minimum Gasteiger partial charge on any atom is -0.466 e. The summed E-state index contributed by atoms with van der Waals surface area (Å²) in [7, 11) is 0. The van der Waals surface area contributed by atoms with E-state index in [2.05, 4.69) is 24.4 Å². The lowest BCUT2D eigenvalue weighted by molar-refractivity contribution is -0.277. The summed E-state index contributed by atoms with van der Waals surface area (Å²) in [6.45, 7) is 18.7. The smallest absolute Gasteiger partial charge is 0.408 e. The van der Waals surface area contributed by atoms with E-state index in [0.717, 1.165) is 44.9 Å². The van der Waals surface area contributed by atoms with Gasteiger partial charge in [0.25, 0.3) is 0 Å². The lowest BCUT2D eigenvalue weighted by Gasteiger charge is -2.63. The van der Waals surface area contributed by atoms with E-state index in [1.165, 1.54) is 38.5 Å². The number of alkyl carbamates (subject to hydrolysis) is 1. The molecular formula is C59H91NO13. The molecule has 1 aliphatic heterocycles. The van der Waals surface area contributed by atoms with Crippen LogP contribution in [0, 0.1) is 28.1 Å². The molecule has 2 saturated carbocycles. The predicted octanol–water partition coefficient (Wildman–Crippen LogP) is 10.7. The van der Waals surface area contributed by atoms with Gasteiger partial charge in [-0.3, -0.25) is 14.4 Å². The molecule has 4 N–H and O–H groups in total. The molecule has 5 rings (SSSR count). The molecule has 1 amide bonds. The van der Waals surface area contributed by atoms with Crippen molar-refractivity contribution in [3.63, 3.8) is 0 Å². The number of Topliss-reactive ketones (excluding diaryl/α,β-unsaturated/α-hetero) is 1. The first kappa shape index (κ1) is 59.8. The number of amides is 1. The molecular weight excluding hydrogens is 931 g/mol. The van der Waals surface area contributed by atoms with Crippen molar-refractivity contribution in [2.75, 3.05) is 13.2 Å². The third kappa shape index (κ3) is 14.4. The quantitative estimate of drug-likeness (QED) is 0.0312. The van der Waals surface area contributed by atoms with E-state index in [9.17, 15) is 39.3 Å². The number of carbonyl (C=O) groups is 5. The van der Waals surface area contributed by atoms with Crippen LogP contribution < -0.4 is 5.32 Å². The molecule has 1 aromatic rings. The fourth-order valence-electron chi connectivity index (χ4n) is 12.3. The van der Waals surface area contributed by atoms with E-state index in [4.69, 9.17) is 23.7 Å². The minimum atomic E-state index is -1.84. The number of unbranched alkanes of at least 4 members (excludes halogenated alkanes) is 12. The number of rotatable bonds is 25. The van der Waals surface area contributed by atoms with Crippen molar-refractivity contribution in [2.24, 2.45) is 28.1 Å². The van der Waals surface area contributed by atoms with Gasteiger partial charge in [0.2, 0.25) is 6.10 Å². The molecule has 410 valence electrons. The standard InChI is InChI=1S/C59H91NO13/c1-11-12-13-14-15-16-17-18-19-20-21-22-23-24-25-29-34-69-46(62)32-33-47(63)72-51(49(41-30-27-26-28-31-41)60-54(67)73-55(4,5)6)53(66)71-42-37-59(68)39(2)35-43-57(9)38-70-45(57)36-44(61)58(43,10)52(65)50(64)48(40(42)3)56(59,7)8/h18-19,26-28,30-31,39,42-45,49-51,61,64,68H,11-17,20-25,29,32-38H2,1-10H3,(H,60,67)/b19-18-/t39-,42-,43+,44-,45+,49-,50+,51+,57-,58-,59+/m0/s1. The molecule has 1 heterocycles. The Hall–Kier alpha value is -4.11. The third-order valence-electron chi connectivity index (χ3n) is 16.9. The Balaban J connectivity index is 1.27. The Morgan fingerprint density at radius 1 is 0.849 bits per heavy atom. The molecule has 2 bridgehead atoms. The molecule has 0 aromatic heterocycles. The van der Waals surface area contributed by atoms with Gasteiger partial charge in [0, 0.05) is 23.7 Å². The van der Waals surface area contributed by atoms with Crippen LogP contribution in [0.2, 0.25) is 0 Å². The highest BCUT2D eigenvalue weighted by atomic mass is 16.6. The first-order chi connectivity index (χ1) is 34.4. The fraction of sp³-hybridized carbons (Fsp3) is 0.746. The number of aliphatic hydroxyl groups excluding tert-OH is 2. The molecule has 3 aliphatic carbocycles. The van der Waals surface area contributed by atoms with Crippen LogP contribution in [-0.2, 0) is 42.9 Å². The van der Waals surface area contributed by atoms with Gasteiger partial charge in [-0.2, -0.15) is 0 Å². The minimum absolute atomic E-state index is 0.148. The molecule has 1 aromatic carbocycles. The molecule has 0 radical (unpaired) electrons. The Morgan fingerprint density at radius 2 is 1.44 bits per heavy atom. The summed E-state index contributed by atoms with van der Waals surface area (Å²) in [6, 6.07) is 7.04. The summed E-state index contributed by atoms with van der Waals surface area (Å²) in [5, 5.41) is 39.8. The van der Waals surface area contributed by atoms with Crippen molar-refractivity contribution in [1.82, 2.24) is 5.32 Å². The lowest BCUT2D eigenvalue weighted by atomic mass is 9.48. The van der Waals surface area contributed by atoms with Gasteiger partial charge in [0.1, 0.15) is 23.9 Å². The van der Waals surface area contributed by atoms with Crippen LogP contribution in [0.5, 0.6) is 0 Å². The van der Waals surface area contributed by atoms with E-state index in [-0.39, 0.29) is 37.5 Å². The molecule has 14 nitrogen and oxygen atoms in total. The number of ether oxygens (including phenoxy) is 5. The highest BCUT2D eigenvalue weighted by Gasteiger charge is 2.69. The largest absolute Gasteiger partial charge is 0.466 e. The average molecular weight is 1020 g/mol. The Labute approximate surface area is 436 Å². The van der Waals surface area contributed by atoms with Crippen LogP contribution in [0.4, 0.5) is 4.79 Å². The number of ketones is 1. The maximum atomic E-state index is 14.9. The molecule has 0 unspecified atom stereocenters. The fourth-order valence-corrected chi connectivity index (χ4v) is 12.3. The van der Waals surface area contributed by atoms with Crippen molar-refractivity contribution < 1.29 is 63.0 Å². The zero-order valence-corrected chi connectivity index (χ0v) is 45.9. The molecule has 0 spiro atoms. The van der Waals surface area contributed by atoms with Crippen LogP contribution in [0.1, 0.15) is 203 Å². The zero-order chi connectivity index (χ0) is 53.8. The Kier molecular flexibility index (Phi) is 21.4. The van der Waals surface area contributed by atoms with Gasteiger partial charge in [0.15, 0.2) is 5.78 Å². The van der Waals surface area contributed by atoms with Crippen LogP contribution in [-0.4, -0.2) is 100 Å². The second-order valence-corrected chi connectivity index (χ2v) is 23.7. The Bertz CT molecular complexity index is 2080. The molecule has 1 saturated heterocycles. The summed E-state index contributed by atoms with van der Waals surface area (Å²) < 4.78 is 29.2. The number of hydrogen-bond donors (Lipinski definition) is 4. The Morgan fingerprint density at radius 3 is 2.03 bits per heavy atom. The van der Waals surface area contributed by atoms with Gasteiger partial charge in [-0.25, -0.2) is 9.59 Å². The van der Waals surface area contributed by atoms with Crippen molar-refractivity contribution >= 4 is 29.8 Å². The van der Waals surface area contributed by atoms with E-state index in [1.54, 1.807) is 78.8 Å². The van der Waals surface area contributed by atoms with Crippen LogP contribution in [0.3, 0.4) is 0 Å². The zero-order valence-electron chi connectivity index (χ0n) is 45.9. The summed E-state index contributed by atoms with van der Waals surface area (Å²) in [6.07, 6.45) is 13.3. The normalized spacial score (nSPS) is 29.6. The second-order valence-electron chi connectivity index (χ2n) is 23.7. The topological polar surface area (TPSA) is 204 Å². The first-order valence-electron chi connectivity index (χ1n) is 27.6. The number of carbonyl (C=O) groups excluding carboxylic acids is 5. The summed E-state index contributed by atoms with van der Waals surface area (Å²) >= 11 is 0. The van der Waals surface area contributed by atoms with E-state index in [1.807, 2.05) is 13.8 Å². The van der Waals surface area contributed by atoms with Crippen molar-refractivity contribution in [1.29, 1.82) is 0 Å². The van der Waals surface area contributed by atoms with Crippen LogP contribution in [0.15, 0.2) is 53.6 Å². The van der Waals surface area contributed by atoms with Gasteiger partial charge in [-0.1, -0.05) is 135 Å². The van der Waals surface area contributed by atoms with Gasteiger partial charge < -0.3 is 44.3 Å².